The van der Waals surface area contributed by atoms with Gasteiger partial charge in [-0.15, -0.1) is 0 Å². The van der Waals surface area contributed by atoms with Gasteiger partial charge in [0.2, 0.25) is 0 Å². The van der Waals surface area contributed by atoms with Gasteiger partial charge in [-0.25, -0.2) is 8.58 Å². The smallest absolute Gasteiger partial charge is 0.199 e. The number of halogens is 2. The van der Waals surface area contributed by atoms with Crippen LogP contribution < -0.4 is 0 Å². The van der Waals surface area contributed by atoms with Crippen molar-refractivity contribution in [1.29, 1.82) is 0 Å². The summed E-state index contributed by atoms with van der Waals surface area (Å²) in [6, 6.07) is 0. The van der Waals surface area contributed by atoms with Gasteiger partial charge in [-0.05, 0) is 104 Å². The zero-order chi connectivity index (χ0) is 22.2. The second-order valence-corrected chi connectivity index (χ2v) is 12.9. The van der Waals surface area contributed by atoms with E-state index in [9.17, 15) is 0 Å². The van der Waals surface area contributed by atoms with E-state index in [1.807, 2.05) is 0 Å². The molecule has 4 aliphatic rings. The van der Waals surface area contributed by atoms with E-state index in [0.717, 1.165) is 41.9 Å². The van der Waals surface area contributed by atoms with E-state index >= 15 is 0 Å². The fourth-order valence-corrected chi connectivity index (χ4v) is 10.0. The largest absolute Gasteiger partial charge is 0.245 e. The first-order chi connectivity index (χ1) is 14.8. The molecule has 0 aromatic heterocycles. The molecule has 180 valence electrons. The Morgan fingerprint density at radius 2 is 1.55 bits per heavy atom. The lowest BCUT2D eigenvalue weighted by atomic mass is 9.44. The summed E-state index contributed by atoms with van der Waals surface area (Å²) < 4.78 is 9.64. The standard InChI is InChI=1S/C27H46Cl2O2/c1-18(8-7-9-19(2)25(30-28)31-29)22-13-14-23-21-12-11-20-10-5-6-16-26(20,3)24(21)15-17-27(22,23)4/h18-25H,5-17H2,1-4H3/t18-,19?,20?,21+,22-,23+,24+,26+,27-/m1/s1. The highest BCUT2D eigenvalue weighted by Gasteiger charge is 2.60. The number of hydrogen-bond acceptors (Lipinski definition) is 2. The van der Waals surface area contributed by atoms with E-state index in [0.29, 0.717) is 10.8 Å². The van der Waals surface area contributed by atoms with Gasteiger partial charge in [-0.2, -0.15) is 0 Å². The molecule has 4 fully saturated rings. The maximum absolute atomic E-state index is 5.50. The van der Waals surface area contributed by atoms with Gasteiger partial charge in [0, 0.05) is 5.92 Å². The Labute approximate surface area is 201 Å². The van der Waals surface area contributed by atoms with Gasteiger partial charge in [-0.3, -0.25) is 0 Å². The maximum atomic E-state index is 5.50. The molecule has 2 unspecified atom stereocenters. The summed E-state index contributed by atoms with van der Waals surface area (Å²) >= 11 is 11.0. The molecule has 4 aliphatic carbocycles. The van der Waals surface area contributed by atoms with Crippen LogP contribution in [0.25, 0.3) is 0 Å². The molecule has 0 N–H and O–H groups in total. The Bertz CT molecular complexity index is 596. The van der Waals surface area contributed by atoms with Gasteiger partial charge < -0.3 is 0 Å². The molecule has 4 saturated carbocycles. The van der Waals surface area contributed by atoms with Crippen molar-refractivity contribution in [1.82, 2.24) is 0 Å². The van der Waals surface area contributed by atoms with Crippen LogP contribution in [0.3, 0.4) is 0 Å². The lowest BCUT2D eigenvalue weighted by molar-refractivity contribution is -0.114. The van der Waals surface area contributed by atoms with E-state index < -0.39 is 6.29 Å². The Balaban J connectivity index is 1.37. The van der Waals surface area contributed by atoms with Crippen LogP contribution in [-0.2, 0) is 8.58 Å². The molecule has 0 aliphatic heterocycles. The fourth-order valence-electron chi connectivity index (χ4n) is 9.56. The summed E-state index contributed by atoms with van der Waals surface area (Å²) in [5, 5.41) is 0. The molecule has 0 aromatic rings. The average molecular weight is 474 g/mol. The van der Waals surface area contributed by atoms with Crippen LogP contribution in [-0.4, -0.2) is 6.29 Å². The van der Waals surface area contributed by atoms with Gasteiger partial charge in [0.05, 0.1) is 23.7 Å². The van der Waals surface area contributed by atoms with Crippen molar-refractivity contribution in [3.63, 3.8) is 0 Å². The second kappa shape index (κ2) is 10.0. The molecule has 4 heteroatoms. The number of fused-ring (bicyclic) bond motifs is 5. The van der Waals surface area contributed by atoms with Crippen molar-refractivity contribution in [2.24, 2.45) is 52.3 Å². The van der Waals surface area contributed by atoms with Crippen LogP contribution in [0.5, 0.6) is 0 Å². The molecule has 9 atom stereocenters. The molecule has 0 aromatic carbocycles. The predicted octanol–water partition coefficient (Wildman–Crippen LogP) is 9.14. The molecular formula is C27H46Cl2O2. The summed E-state index contributed by atoms with van der Waals surface area (Å²) in [5.74, 6) is 5.96. The van der Waals surface area contributed by atoms with Gasteiger partial charge in [0.25, 0.3) is 0 Å². The Hall–Kier alpha value is 0.500. The minimum absolute atomic E-state index is 0.218. The molecule has 0 radical (unpaired) electrons. The number of rotatable bonds is 8. The van der Waals surface area contributed by atoms with Crippen LogP contribution in [0.15, 0.2) is 0 Å². The molecule has 0 amide bonds. The van der Waals surface area contributed by atoms with Crippen LogP contribution in [0.4, 0.5) is 0 Å². The minimum Gasteiger partial charge on any atom is -0.245 e. The molecule has 4 rings (SSSR count). The third-order valence-electron chi connectivity index (χ3n) is 11.3. The molecule has 0 saturated heterocycles. The zero-order valence-electron chi connectivity index (χ0n) is 20.4. The van der Waals surface area contributed by atoms with Crippen molar-refractivity contribution in [2.45, 2.75) is 117 Å². The van der Waals surface area contributed by atoms with Gasteiger partial charge in [-0.1, -0.05) is 53.4 Å². The predicted molar refractivity (Wildman–Crippen MR) is 130 cm³/mol. The summed E-state index contributed by atoms with van der Waals surface area (Å²) in [6.45, 7) is 10.0. The third-order valence-corrected chi connectivity index (χ3v) is 11.7. The highest BCUT2D eigenvalue weighted by Crippen LogP contribution is 2.68. The second-order valence-electron chi connectivity index (χ2n) is 12.6. The lowest BCUT2D eigenvalue weighted by Crippen LogP contribution is -2.53. The Morgan fingerprint density at radius 3 is 2.29 bits per heavy atom. The first kappa shape index (κ1) is 24.6. The van der Waals surface area contributed by atoms with Gasteiger partial charge in [0.1, 0.15) is 0 Å². The van der Waals surface area contributed by atoms with Crippen molar-refractivity contribution >= 4 is 23.7 Å². The minimum atomic E-state index is -0.515. The lowest BCUT2D eigenvalue weighted by Gasteiger charge is -2.61. The number of hydrogen-bond donors (Lipinski definition) is 0. The van der Waals surface area contributed by atoms with E-state index in [4.69, 9.17) is 32.3 Å². The third kappa shape index (κ3) is 4.46. The molecule has 0 heterocycles. The highest BCUT2D eigenvalue weighted by atomic mass is 35.5. The van der Waals surface area contributed by atoms with Crippen molar-refractivity contribution in [3.05, 3.63) is 0 Å². The van der Waals surface area contributed by atoms with E-state index in [1.54, 1.807) is 0 Å². The summed E-state index contributed by atoms with van der Waals surface area (Å²) in [4.78, 5) is 0. The topological polar surface area (TPSA) is 18.5 Å². The molecule has 0 bridgehead atoms. The van der Waals surface area contributed by atoms with Crippen LogP contribution in [0, 0.1) is 52.3 Å². The summed E-state index contributed by atoms with van der Waals surface area (Å²) in [5.41, 5.74) is 1.24. The van der Waals surface area contributed by atoms with Crippen LogP contribution >= 0.6 is 23.7 Å². The van der Waals surface area contributed by atoms with E-state index in [-0.39, 0.29) is 5.92 Å². The first-order valence-electron chi connectivity index (χ1n) is 13.4. The SMILES string of the molecule is CC(CCC[C@@H](C)[C@H]1CC[C@H]2[C@@H]3CCC4CCCC[C@]4(C)[C@H]3CC[C@]12C)C(OCl)OCl. The highest BCUT2D eigenvalue weighted by molar-refractivity contribution is 6.09. The molecule has 2 nitrogen and oxygen atoms in total. The van der Waals surface area contributed by atoms with Crippen molar-refractivity contribution in [3.8, 4) is 0 Å². The van der Waals surface area contributed by atoms with E-state index in [1.165, 1.54) is 77.0 Å². The maximum Gasteiger partial charge on any atom is 0.199 e. The zero-order valence-corrected chi connectivity index (χ0v) is 21.9. The fraction of sp³-hybridized carbons (Fsp3) is 1.00. The molecular weight excluding hydrogens is 427 g/mol. The van der Waals surface area contributed by atoms with Crippen LogP contribution in [0.1, 0.15) is 111 Å². The Kier molecular flexibility index (Phi) is 7.95. The van der Waals surface area contributed by atoms with Crippen LogP contribution in [0.2, 0.25) is 0 Å². The monoisotopic (exact) mass is 472 g/mol. The summed E-state index contributed by atoms with van der Waals surface area (Å²) in [6.07, 6.45) is 18.0. The molecule has 0 spiro atoms. The first-order valence-corrected chi connectivity index (χ1v) is 14.0. The van der Waals surface area contributed by atoms with Gasteiger partial charge in [0.15, 0.2) is 6.29 Å². The average Bonchev–Trinajstić information content (AvgIpc) is 3.11. The van der Waals surface area contributed by atoms with E-state index in [2.05, 4.69) is 27.7 Å². The Morgan fingerprint density at radius 1 is 0.806 bits per heavy atom. The van der Waals surface area contributed by atoms with Crippen molar-refractivity contribution in [2.75, 3.05) is 0 Å². The van der Waals surface area contributed by atoms with Crippen molar-refractivity contribution < 1.29 is 8.58 Å². The molecule has 31 heavy (non-hydrogen) atoms. The normalized spacial score (nSPS) is 44.4. The quantitative estimate of drug-likeness (QED) is 0.327. The van der Waals surface area contributed by atoms with Gasteiger partial charge >= 0.3 is 0 Å². The summed E-state index contributed by atoms with van der Waals surface area (Å²) in [7, 11) is 0.